The Morgan fingerprint density at radius 3 is 2.45 bits per heavy atom. The third-order valence-electron chi connectivity index (χ3n) is 4.17. The summed E-state index contributed by atoms with van der Waals surface area (Å²) in [5, 5.41) is 17.4. The topological polar surface area (TPSA) is 86.5 Å². The number of halogens is 3. The van der Waals surface area contributed by atoms with Gasteiger partial charge in [-0.2, -0.15) is 28.2 Å². The summed E-state index contributed by atoms with van der Waals surface area (Å²) in [7, 11) is 1.46. The summed E-state index contributed by atoms with van der Waals surface area (Å²) in [6.07, 6.45) is -4.40. The number of hydrogen-bond donors (Lipinski definition) is 1. The highest BCUT2D eigenvalue weighted by molar-refractivity contribution is 7.98. The molecule has 1 N–H and O–H groups in total. The van der Waals surface area contributed by atoms with E-state index in [-0.39, 0.29) is 0 Å². The monoisotopic (exact) mass is 453 g/mol. The summed E-state index contributed by atoms with van der Waals surface area (Å²) in [6, 6.07) is 9.72. The molecule has 31 heavy (non-hydrogen) atoms. The fourth-order valence-electron chi connectivity index (χ4n) is 2.59. The molecule has 0 aliphatic carbocycles. The molecular formula is C20H18F3N3O4S. The van der Waals surface area contributed by atoms with Crippen molar-refractivity contribution in [3.8, 4) is 17.2 Å². The SMILES string of the molecule is COc1cc(SCc2nn(-c3ccc(C(F)(F)F)cc3)nc2C)ccc1OCC(=O)O. The van der Waals surface area contributed by atoms with Crippen LogP contribution in [0, 0.1) is 6.92 Å². The number of methoxy groups -OCH3 is 1. The average molecular weight is 453 g/mol. The van der Waals surface area contributed by atoms with E-state index in [1.165, 1.54) is 35.8 Å². The van der Waals surface area contributed by atoms with E-state index in [4.69, 9.17) is 14.6 Å². The van der Waals surface area contributed by atoms with Gasteiger partial charge < -0.3 is 14.6 Å². The second-order valence-electron chi connectivity index (χ2n) is 6.35. The maximum atomic E-state index is 12.7. The largest absolute Gasteiger partial charge is 0.493 e. The van der Waals surface area contributed by atoms with E-state index in [0.717, 1.165) is 17.0 Å². The van der Waals surface area contributed by atoms with E-state index < -0.39 is 24.3 Å². The predicted octanol–water partition coefficient (Wildman–Crippen LogP) is 4.36. The van der Waals surface area contributed by atoms with Crippen LogP contribution in [0.3, 0.4) is 0 Å². The highest BCUT2D eigenvalue weighted by atomic mass is 32.2. The van der Waals surface area contributed by atoms with Gasteiger partial charge in [0.15, 0.2) is 18.1 Å². The van der Waals surface area contributed by atoms with Gasteiger partial charge in [-0.1, -0.05) is 0 Å². The van der Waals surface area contributed by atoms with Gasteiger partial charge in [0, 0.05) is 10.6 Å². The number of rotatable bonds is 8. The van der Waals surface area contributed by atoms with Crippen LogP contribution >= 0.6 is 11.8 Å². The fourth-order valence-corrected chi connectivity index (χ4v) is 3.51. The minimum atomic E-state index is -4.40. The van der Waals surface area contributed by atoms with E-state index in [1.807, 2.05) is 0 Å². The molecule has 2 aromatic carbocycles. The van der Waals surface area contributed by atoms with Gasteiger partial charge in [-0.05, 0) is 49.4 Å². The zero-order valence-corrected chi connectivity index (χ0v) is 17.3. The van der Waals surface area contributed by atoms with Crippen LogP contribution in [0.5, 0.6) is 11.5 Å². The molecule has 0 fully saturated rings. The summed E-state index contributed by atoms with van der Waals surface area (Å²) in [5.41, 5.74) is 1.02. The van der Waals surface area contributed by atoms with Gasteiger partial charge >= 0.3 is 12.1 Å². The molecule has 0 saturated carbocycles. The van der Waals surface area contributed by atoms with Crippen LogP contribution in [0.4, 0.5) is 13.2 Å². The molecule has 0 unspecified atom stereocenters. The smallest absolute Gasteiger partial charge is 0.416 e. The molecule has 0 bridgehead atoms. The number of aromatic nitrogens is 3. The zero-order valence-electron chi connectivity index (χ0n) is 16.5. The Labute approximate surface area is 179 Å². The van der Waals surface area contributed by atoms with Gasteiger partial charge in [0.1, 0.15) is 0 Å². The molecule has 0 aliphatic heterocycles. The summed E-state index contributed by atoms with van der Waals surface area (Å²) >= 11 is 1.45. The second kappa shape index (κ2) is 9.29. The lowest BCUT2D eigenvalue weighted by Crippen LogP contribution is -2.10. The number of aliphatic carboxylic acids is 1. The summed E-state index contributed by atoms with van der Waals surface area (Å²) in [5.74, 6) is 0.0903. The zero-order chi connectivity index (χ0) is 22.6. The number of thioether (sulfide) groups is 1. The van der Waals surface area contributed by atoms with Crippen molar-refractivity contribution < 1.29 is 32.5 Å². The predicted molar refractivity (Wildman–Crippen MR) is 107 cm³/mol. The Kier molecular flexibility index (Phi) is 6.74. The van der Waals surface area contributed by atoms with Crippen molar-refractivity contribution in [2.45, 2.75) is 23.7 Å². The standard InChI is InChI=1S/C20H18F3N3O4S/c1-12-16(25-26(24-12)14-5-3-13(4-6-14)20(21,22)23)11-31-15-7-8-17(18(9-15)29-2)30-10-19(27)28/h3-9H,10-11H2,1-2H3,(H,27,28). The second-order valence-corrected chi connectivity index (χ2v) is 7.40. The number of nitrogens with zero attached hydrogens (tertiary/aromatic N) is 3. The molecule has 0 amide bonds. The molecule has 3 aromatic rings. The van der Waals surface area contributed by atoms with Crippen molar-refractivity contribution in [3.63, 3.8) is 0 Å². The first kappa shape index (κ1) is 22.5. The van der Waals surface area contributed by atoms with Gasteiger partial charge in [-0.25, -0.2) is 4.79 Å². The lowest BCUT2D eigenvalue weighted by atomic mass is 10.2. The first-order valence-electron chi connectivity index (χ1n) is 8.93. The van der Waals surface area contributed by atoms with Crippen LogP contribution in [-0.2, 0) is 16.7 Å². The third-order valence-corrected chi connectivity index (χ3v) is 5.17. The van der Waals surface area contributed by atoms with Crippen molar-refractivity contribution in [1.29, 1.82) is 0 Å². The Balaban J connectivity index is 1.70. The van der Waals surface area contributed by atoms with Gasteiger partial charge in [0.05, 0.1) is 29.7 Å². The van der Waals surface area contributed by atoms with Gasteiger partial charge in [-0.15, -0.1) is 11.8 Å². The van der Waals surface area contributed by atoms with E-state index in [0.29, 0.717) is 34.3 Å². The molecular weight excluding hydrogens is 435 g/mol. The molecule has 7 nitrogen and oxygen atoms in total. The molecule has 0 spiro atoms. The summed E-state index contributed by atoms with van der Waals surface area (Å²) in [6.45, 7) is 1.29. The van der Waals surface area contributed by atoms with Crippen molar-refractivity contribution in [2.24, 2.45) is 0 Å². The highest BCUT2D eigenvalue weighted by Gasteiger charge is 2.30. The van der Waals surface area contributed by atoms with Crippen LogP contribution in [-0.4, -0.2) is 39.8 Å². The van der Waals surface area contributed by atoms with Gasteiger partial charge in [0.25, 0.3) is 0 Å². The van der Waals surface area contributed by atoms with Gasteiger partial charge in [-0.3, -0.25) is 0 Å². The number of alkyl halides is 3. The first-order valence-corrected chi connectivity index (χ1v) is 9.92. The number of benzene rings is 2. The molecule has 0 saturated heterocycles. The Morgan fingerprint density at radius 1 is 1.13 bits per heavy atom. The maximum Gasteiger partial charge on any atom is 0.416 e. The molecule has 1 heterocycles. The number of ether oxygens (including phenoxy) is 2. The summed E-state index contributed by atoms with van der Waals surface area (Å²) < 4.78 is 48.6. The lowest BCUT2D eigenvalue weighted by molar-refractivity contribution is -0.139. The Bertz CT molecular complexity index is 1070. The van der Waals surface area contributed by atoms with Gasteiger partial charge in [0.2, 0.25) is 0 Å². The van der Waals surface area contributed by atoms with Crippen molar-refractivity contribution in [2.75, 3.05) is 13.7 Å². The fraction of sp³-hybridized carbons (Fsp3) is 0.250. The number of carbonyl (C=O) groups is 1. The number of carboxylic acids is 1. The first-order chi connectivity index (χ1) is 14.7. The number of carboxylic acid groups (broad SMARTS) is 1. The Hall–Kier alpha value is -3.21. The quantitative estimate of drug-likeness (QED) is 0.507. The van der Waals surface area contributed by atoms with Crippen molar-refractivity contribution in [3.05, 3.63) is 59.4 Å². The average Bonchev–Trinajstić information content (AvgIpc) is 3.11. The van der Waals surface area contributed by atoms with Crippen molar-refractivity contribution in [1.82, 2.24) is 15.0 Å². The highest BCUT2D eigenvalue weighted by Crippen LogP contribution is 2.34. The molecule has 0 aliphatic rings. The molecule has 3 rings (SSSR count). The van der Waals surface area contributed by atoms with E-state index in [9.17, 15) is 18.0 Å². The number of aryl methyl sites for hydroxylation is 1. The van der Waals surface area contributed by atoms with Crippen LogP contribution in [0.25, 0.3) is 5.69 Å². The third kappa shape index (κ3) is 5.69. The van der Waals surface area contributed by atoms with E-state index >= 15 is 0 Å². The van der Waals surface area contributed by atoms with E-state index in [2.05, 4.69) is 10.2 Å². The molecule has 0 radical (unpaired) electrons. The maximum absolute atomic E-state index is 12.7. The number of hydrogen-bond acceptors (Lipinski definition) is 6. The van der Waals surface area contributed by atoms with Crippen LogP contribution < -0.4 is 9.47 Å². The van der Waals surface area contributed by atoms with Crippen LogP contribution in [0.1, 0.15) is 17.0 Å². The molecule has 164 valence electrons. The van der Waals surface area contributed by atoms with Crippen molar-refractivity contribution >= 4 is 17.7 Å². The minimum absolute atomic E-state index is 0.318. The molecule has 11 heteroatoms. The minimum Gasteiger partial charge on any atom is -0.493 e. The molecule has 0 atom stereocenters. The van der Waals surface area contributed by atoms with Crippen LogP contribution in [0.2, 0.25) is 0 Å². The van der Waals surface area contributed by atoms with E-state index in [1.54, 1.807) is 25.1 Å². The molecule has 1 aromatic heterocycles. The summed E-state index contributed by atoms with van der Waals surface area (Å²) in [4.78, 5) is 12.8. The normalized spacial score (nSPS) is 11.4. The van der Waals surface area contributed by atoms with Crippen LogP contribution in [0.15, 0.2) is 47.4 Å². The lowest BCUT2D eigenvalue weighted by Gasteiger charge is -2.10. The Morgan fingerprint density at radius 2 is 1.84 bits per heavy atom.